The van der Waals surface area contributed by atoms with Crippen LogP contribution in [-0.4, -0.2) is 9.55 Å². The molecule has 0 saturated heterocycles. The number of para-hydroxylation sites is 1. The first-order chi connectivity index (χ1) is 7.48. The molecule has 84 valence electrons. The summed E-state index contributed by atoms with van der Waals surface area (Å²) in [4.78, 5) is 3.18. The molecule has 0 aliphatic heterocycles. The molecule has 6 heteroatoms. The summed E-state index contributed by atoms with van der Waals surface area (Å²) in [5.41, 5.74) is -1.01. The van der Waals surface area contributed by atoms with Crippen molar-refractivity contribution in [3.63, 3.8) is 0 Å². The van der Waals surface area contributed by atoms with E-state index in [0.29, 0.717) is 0 Å². The molecule has 0 radical (unpaired) electrons. The molecule has 0 spiro atoms. The zero-order chi connectivity index (χ0) is 11.8. The number of hydrogen-bond donors (Lipinski definition) is 0. The maximum Gasteiger partial charge on any atom is 0.434 e. The van der Waals surface area contributed by atoms with Crippen LogP contribution in [0.2, 0.25) is 0 Å². The van der Waals surface area contributed by atoms with Gasteiger partial charge in [0.25, 0.3) is 0 Å². The van der Waals surface area contributed by atoms with Gasteiger partial charge >= 0.3 is 6.18 Å². The first kappa shape index (κ1) is 10.7. The Morgan fingerprint density at radius 2 is 1.81 bits per heavy atom. The minimum Gasteiger partial charge on any atom is -0.303 e. The number of alkyl halides is 3. The minimum atomic E-state index is -4.52. The molecule has 0 atom stereocenters. The van der Waals surface area contributed by atoms with Gasteiger partial charge in [0.15, 0.2) is 5.69 Å². The van der Waals surface area contributed by atoms with Gasteiger partial charge in [-0.25, -0.2) is 9.37 Å². The molecule has 0 fully saturated rings. The Kier molecular flexibility index (Phi) is 2.41. The summed E-state index contributed by atoms with van der Waals surface area (Å²) in [7, 11) is 0. The average Bonchev–Trinajstić information content (AvgIpc) is 2.66. The molecule has 0 bridgehead atoms. The Morgan fingerprint density at radius 3 is 2.38 bits per heavy atom. The van der Waals surface area contributed by atoms with Gasteiger partial charge in [-0.2, -0.15) is 13.2 Å². The van der Waals surface area contributed by atoms with Crippen LogP contribution in [-0.2, 0) is 6.18 Å². The zero-order valence-electron chi connectivity index (χ0n) is 7.87. The molecular formula is C10H6F4N2. The third-order valence-corrected chi connectivity index (χ3v) is 2.00. The Hall–Kier alpha value is -1.85. The van der Waals surface area contributed by atoms with Crippen molar-refractivity contribution in [2.45, 2.75) is 6.18 Å². The standard InChI is InChI=1S/C10H6F4N2/c11-7-3-1-2-4-8(7)16-5-9(15-6-16)10(12,13)14/h1-6H. The topological polar surface area (TPSA) is 17.8 Å². The molecule has 0 aliphatic carbocycles. The van der Waals surface area contributed by atoms with Gasteiger partial charge in [0.2, 0.25) is 0 Å². The van der Waals surface area contributed by atoms with Crippen LogP contribution in [0.1, 0.15) is 5.69 Å². The van der Waals surface area contributed by atoms with Crippen LogP contribution < -0.4 is 0 Å². The summed E-state index contributed by atoms with van der Waals surface area (Å²) in [6.07, 6.45) is -2.84. The quantitative estimate of drug-likeness (QED) is 0.688. The van der Waals surface area contributed by atoms with Gasteiger partial charge in [0, 0.05) is 6.20 Å². The van der Waals surface area contributed by atoms with Gasteiger partial charge in [-0.1, -0.05) is 12.1 Å². The highest BCUT2D eigenvalue weighted by Gasteiger charge is 2.33. The Morgan fingerprint density at radius 1 is 1.12 bits per heavy atom. The fraction of sp³-hybridized carbons (Fsp3) is 0.100. The largest absolute Gasteiger partial charge is 0.434 e. The van der Waals surface area contributed by atoms with Crippen LogP contribution in [0.3, 0.4) is 0 Å². The second-order valence-corrected chi connectivity index (χ2v) is 3.12. The number of nitrogens with zero attached hydrogens (tertiary/aromatic N) is 2. The molecule has 0 aliphatic rings. The molecule has 1 heterocycles. The highest BCUT2D eigenvalue weighted by molar-refractivity contribution is 5.33. The van der Waals surface area contributed by atoms with E-state index >= 15 is 0 Å². The number of rotatable bonds is 1. The minimum absolute atomic E-state index is 0.0329. The lowest BCUT2D eigenvalue weighted by atomic mass is 10.3. The third-order valence-electron chi connectivity index (χ3n) is 2.00. The highest BCUT2D eigenvalue weighted by atomic mass is 19.4. The van der Waals surface area contributed by atoms with Gasteiger partial charge in [0.05, 0.1) is 12.0 Å². The predicted molar refractivity (Wildman–Crippen MR) is 48.5 cm³/mol. The van der Waals surface area contributed by atoms with Crippen LogP contribution in [0.15, 0.2) is 36.8 Å². The fourth-order valence-corrected chi connectivity index (χ4v) is 1.26. The van der Waals surface area contributed by atoms with E-state index < -0.39 is 17.7 Å². The van der Waals surface area contributed by atoms with Crippen LogP contribution in [0.4, 0.5) is 17.6 Å². The summed E-state index contributed by atoms with van der Waals surface area (Å²) >= 11 is 0. The number of halogens is 4. The SMILES string of the molecule is Fc1ccccc1-n1cnc(C(F)(F)F)c1. The van der Waals surface area contributed by atoms with Crippen LogP contribution in [0.25, 0.3) is 5.69 Å². The smallest absolute Gasteiger partial charge is 0.303 e. The third kappa shape index (κ3) is 1.91. The molecule has 2 nitrogen and oxygen atoms in total. The van der Waals surface area contributed by atoms with Crippen molar-refractivity contribution < 1.29 is 17.6 Å². The van der Waals surface area contributed by atoms with E-state index in [1.807, 2.05) is 0 Å². The second-order valence-electron chi connectivity index (χ2n) is 3.12. The fourth-order valence-electron chi connectivity index (χ4n) is 1.26. The molecular weight excluding hydrogens is 224 g/mol. The molecule has 0 unspecified atom stereocenters. The molecule has 1 aromatic heterocycles. The van der Waals surface area contributed by atoms with E-state index in [2.05, 4.69) is 4.98 Å². The summed E-state index contributed by atoms with van der Waals surface area (Å²) in [5.74, 6) is -0.603. The lowest BCUT2D eigenvalue weighted by Gasteiger charge is -2.03. The maximum atomic E-state index is 13.3. The number of hydrogen-bond acceptors (Lipinski definition) is 1. The lowest BCUT2D eigenvalue weighted by molar-refractivity contribution is -0.140. The molecule has 0 saturated carbocycles. The van der Waals surface area contributed by atoms with Gasteiger partial charge in [-0.3, -0.25) is 0 Å². The summed E-state index contributed by atoms with van der Waals surface area (Å²) in [6.45, 7) is 0. The van der Waals surface area contributed by atoms with Gasteiger partial charge in [0.1, 0.15) is 5.82 Å². The first-order valence-corrected chi connectivity index (χ1v) is 4.34. The number of imidazole rings is 1. The molecule has 2 aromatic rings. The van der Waals surface area contributed by atoms with Gasteiger partial charge in [-0.05, 0) is 12.1 Å². The van der Waals surface area contributed by atoms with E-state index in [1.165, 1.54) is 24.3 Å². The lowest BCUT2D eigenvalue weighted by Crippen LogP contribution is -2.05. The van der Waals surface area contributed by atoms with Crippen molar-refractivity contribution in [3.8, 4) is 5.69 Å². The zero-order valence-corrected chi connectivity index (χ0v) is 7.87. The van der Waals surface area contributed by atoms with Crippen molar-refractivity contribution >= 4 is 0 Å². The highest BCUT2D eigenvalue weighted by Crippen LogP contribution is 2.28. The summed E-state index contributed by atoms with van der Waals surface area (Å²) in [5, 5.41) is 0. The summed E-state index contributed by atoms with van der Waals surface area (Å²) < 4.78 is 51.0. The van der Waals surface area contributed by atoms with Crippen LogP contribution in [0, 0.1) is 5.82 Å². The van der Waals surface area contributed by atoms with Crippen molar-refractivity contribution in [1.29, 1.82) is 0 Å². The van der Waals surface area contributed by atoms with Gasteiger partial charge in [-0.15, -0.1) is 0 Å². The molecule has 0 N–H and O–H groups in total. The Labute approximate surface area is 88.2 Å². The molecule has 1 aromatic carbocycles. The van der Waals surface area contributed by atoms with Crippen LogP contribution in [0.5, 0.6) is 0 Å². The maximum absolute atomic E-state index is 13.3. The Balaban J connectivity index is 2.44. The van der Waals surface area contributed by atoms with Crippen molar-refractivity contribution in [2.24, 2.45) is 0 Å². The van der Waals surface area contributed by atoms with E-state index in [0.717, 1.165) is 17.1 Å². The average molecular weight is 230 g/mol. The summed E-state index contributed by atoms with van der Waals surface area (Å²) in [6, 6.07) is 5.53. The normalized spacial score (nSPS) is 11.8. The van der Waals surface area contributed by atoms with Gasteiger partial charge < -0.3 is 4.57 Å². The van der Waals surface area contributed by atoms with E-state index in [-0.39, 0.29) is 5.69 Å². The molecule has 0 amide bonds. The van der Waals surface area contributed by atoms with Crippen molar-refractivity contribution in [2.75, 3.05) is 0 Å². The predicted octanol–water partition coefficient (Wildman–Crippen LogP) is 3.03. The van der Waals surface area contributed by atoms with E-state index in [4.69, 9.17) is 0 Å². The van der Waals surface area contributed by atoms with Crippen molar-refractivity contribution in [1.82, 2.24) is 9.55 Å². The second kappa shape index (κ2) is 3.62. The molecule has 2 rings (SSSR count). The number of benzene rings is 1. The number of aromatic nitrogens is 2. The van der Waals surface area contributed by atoms with E-state index in [9.17, 15) is 17.6 Å². The molecule has 16 heavy (non-hydrogen) atoms. The van der Waals surface area contributed by atoms with E-state index in [1.54, 1.807) is 0 Å². The van der Waals surface area contributed by atoms with Crippen LogP contribution >= 0.6 is 0 Å². The monoisotopic (exact) mass is 230 g/mol. The van der Waals surface area contributed by atoms with Crippen molar-refractivity contribution in [3.05, 3.63) is 48.3 Å². The first-order valence-electron chi connectivity index (χ1n) is 4.34. The Bertz CT molecular complexity index is 502.